The number of rotatable bonds is 2. The lowest BCUT2D eigenvalue weighted by Gasteiger charge is -2.33. The maximum absolute atomic E-state index is 12.1. The second-order valence-corrected chi connectivity index (χ2v) is 5.71. The van der Waals surface area contributed by atoms with Crippen molar-refractivity contribution in [2.24, 2.45) is 11.8 Å². The Bertz CT molecular complexity index is 332. The molecule has 0 bridgehead atoms. The maximum Gasteiger partial charge on any atom is 0.224 e. The number of carbonyl (C=O) groups is 2. The number of hydrogen-bond acceptors (Lipinski definition) is 3. The zero-order valence-electron chi connectivity index (χ0n) is 11.2. The van der Waals surface area contributed by atoms with Crippen LogP contribution in [0, 0.1) is 11.8 Å². The molecule has 0 radical (unpaired) electrons. The summed E-state index contributed by atoms with van der Waals surface area (Å²) in [5.41, 5.74) is 0. The van der Waals surface area contributed by atoms with E-state index in [0.29, 0.717) is 18.9 Å². The molecule has 2 saturated heterocycles. The molecule has 2 N–H and O–H groups in total. The average Bonchev–Trinajstić information content (AvgIpc) is 2.34. The maximum atomic E-state index is 12.1. The summed E-state index contributed by atoms with van der Waals surface area (Å²) in [4.78, 5) is 25.2. The number of hydrogen-bond donors (Lipinski definition) is 2. The summed E-state index contributed by atoms with van der Waals surface area (Å²) in [5.74, 6) is 0.956. The van der Waals surface area contributed by atoms with Crippen LogP contribution in [0.4, 0.5) is 0 Å². The van der Waals surface area contributed by atoms with Crippen LogP contribution < -0.4 is 10.6 Å². The quantitative estimate of drug-likeness (QED) is 0.726. The Balaban J connectivity index is 1.82. The van der Waals surface area contributed by atoms with Crippen LogP contribution in [0.15, 0.2) is 0 Å². The molecule has 18 heavy (non-hydrogen) atoms. The van der Waals surface area contributed by atoms with Gasteiger partial charge in [-0.05, 0) is 25.3 Å². The molecule has 102 valence electrons. The number of carbonyl (C=O) groups excluding carboxylic acids is 2. The summed E-state index contributed by atoms with van der Waals surface area (Å²) in [5, 5.41) is 6.38. The lowest BCUT2D eigenvalue weighted by atomic mass is 9.91. The van der Waals surface area contributed by atoms with Gasteiger partial charge in [0.05, 0.1) is 5.92 Å². The third-order valence-corrected chi connectivity index (χ3v) is 3.91. The molecule has 5 nitrogen and oxygen atoms in total. The van der Waals surface area contributed by atoms with Gasteiger partial charge in [-0.15, -0.1) is 0 Å². The minimum Gasteiger partial charge on any atom is -0.351 e. The number of amides is 2. The van der Waals surface area contributed by atoms with Gasteiger partial charge in [0.15, 0.2) is 0 Å². The molecule has 0 aromatic heterocycles. The van der Waals surface area contributed by atoms with Crippen molar-refractivity contribution < 1.29 is 9.59 Å². The fourth-order valence-electron chi connectivity index (χ4n) is 2.81. The molecule has 5 heteroatoms. The molecule has 0 spiro atoms. The largest absolute Gasteiger partial charge is 0.351 e. The van der Waals surface area contributed by atoms with E-state index in [-0.39, 0.29) is 23.8 Å². The van der Waals surface area contributed by atoms with Crippen molar-refractivity contribution >= 4 is 11.8 Å². The van der Waals surface area contributed by atoms with Crippen LogP contribution in [0.5, 0.6) is 0 Å². The van der Waals surface area contributed by atoms with Gasteiger partial charge in [0.2, 0.25) is 11.8 Å². The summed E-state index contributed by atoms with van der Waals surface area (Å²) >= 11 is 0. The molecule has 3 atom stereocenters. The van der Waals surface area contributed by atoms with Crippen molar-refractivity contribution in [2.45, 2.75) is 32.2 Å². The second kappa shape index (κ2) is 5.69. The van der Waals surface area contributed by atoms with E-state index < -0.39 is 0 Å². The van der Waals surface area contributed by atoms with E-state index >= 15 is 0 Å². The summed E-state index contributed by atoms with van der Waals surface area (Å²) in [6.45, 7) is 4.59. The molecule has 2 aliphatic heterocycles. The predicted molar refractivity (Wildman–Crippen MR) is 68.9 cm³/mol. The predicted octanol–water partition coefficient (Wildman–Crippen LogP) is -0.0310. The molecule has 0 saturated carbocycles. The number of piperidine rings is 2. The number of nitrogens with one attached hydrogen (secondary N) is 2. The van der Waals surface area contributed by atoms with Crippen LogP contribution in [0.25, 0.3) is 0 Å². The minimum absolute atomic E-state index is 0.0803. The Morgan fingerprint density at radius 3 is 2.89 bits per heavy atom. The van der Waals surface area contributed by atoms with E-state index in [4.69, 9.17) is 0 Å². The Labute approximate surface area is 108 Å². The molecule has 0 aromatic carbocycles. The second-order valence-electron chi connectivity index (χ2n) is 5.71. The van der Waals surface area contributed by atoms with E-state index in [9.17, 15) is 9.59 Å². The third-order valence-electron chi connectivity index (χ3n) is 3.91. The molecule has 2 fully saturated rings. The first-order valence-electron chi connectivity index (χ1n) is 6.81. The first-order chi connectivity index (χ1) is 8.56. The van der Waals surface area contributed by atoms with Gasteiger partial charge in [-0.25, -0.2) is 0 Å². The summed E-state index contributed by atoms with van der Waals surface area (Å²) in [6, 6.07) is 0.123. The molecule has 2 heterocycles. The van der Waals surface area contributed by atoms with E-state index in [1.165, 1.54) is 0 Å². The van der Waals surface area contributed by atoms with E-state index in [0.717, 1.165) is 25.9 Å². The molecule has 3 unspecified atom stereocenters. The third kappa shape index (κ3) is 3.22. The smallest absolute Gasteiger partial charge is 0.224 e. The highest BCUT2D eigenvalue weighted by atomic mass is 16.2. The van der Waals surface area contributed by atoms with E-state index in [1.807, 2.05) is 0 Å². The highest BCUT2D eigenvalue weighted by Gasteiger charge is 2.29. The van der Waals surface area contributed by atoms with Crippen LogP contribution in [-0.4, -0.2) is 49.4 Å². The number of likely N-dealkylation sites (tertiary alicyclic amines) is 1. The average molecular weight is 253 g/mol. The van der Waals surface area contributed by atoms with Gasteiger partial charge >= 0.3 is 0 Å². The molecule has 2 rings (SSSR count). The molecule has 2 aliphatic rings. The van der Waals surface area contributed by atoms with Crippen LogP contribution in [0.3, 0.4) is 0 Å². The van der Waals surface area contributed by atoms with Gasteiger partial charge < -0.3 is 15.5 Å². The van der Waals surface area contributed by atoms with Gasteiger partial charge in [-0.1, -0.05) is 6.92 Å². The van der Waals surface area contributed by atoms with E-state index in [1.54, 1.807) is 11.9 Å². The van der Waals surface area contributed by atoms with Crippen LogP contribution >= 0.6 is 0 Å². The van der Waals surface area contributed by atoms with Crippen LogP contribution in [0.1, 0.15) is 26.2 Å². The normalized spacial score (nSPS) is 33.3. The SMILES string of the molecule is CC1CNCC(C(=O)NC2CCC(=O)N(C)C2)C1. The summed E-state index contributed by atoms with van der Waals surface area (Å²) in [7, 11) is 1.80. The Morgan fingerprint density at radius 1 is 1.44 bits per heavy atom. The summed E-state index contributed by atoms with van der Waals surface area (Å²) < 4.78 is 0. The molecule has 2 amide bonds. The Morgan fingerprint density at radius 2 is 2.22 bits per heavy atom. The fourth-order valence-corrected chi connectivity index (χ4v) is 2.81. The Kier molecular flexibility index (Phi) is 4.22. The van der Waals surface area contributed by atoms with Gasteiger partial charge in [0, 0.05) is 32.6 Å². The lowest BCUT2D eigenvalue weighted by Crippen LogP contribution is -2.52. The van der Waals surface area contributed by atoms with Crippen molar-refractivity contribution in [3.8, 4) is 0 Å². The number of nitrogens with zero attached hydrogens (tertiary/aromatic N) is 1. The monoisotopic (exact) mass is 253 g/mol. The zero-order chi connectivity index (χ0) is 13.1. The molecular formula is C13H23N3O2. The Hall–Kier alpha value is -1.10. The highest BCUT2D eigenvalue weighted by Crippen LogP contribution is 2.17. The van der Waals surface area contributed by atoms with Crippen LogP contribution in [-0.2, 0) is 9.59 Å². The van der Waals surface area contributed by atoms with Gasteiger partial charge in [-0.2, -0.15) is 0 Å². The number of likely N-dealkylation sites (N-methyl/N-ethyl adjacent to an activating group) is 1. The van der Waals surface area contributed by atoms with Gasteiger partial charge in [0.25, 0.3) is 0 Å². The van der Waals surface area contributed by atoms with Gasteiger partial charge in [0.1, 0.15) is 0 Å². The van der Waals surface area contributed by atoms with E-state index in [2.05, 4.69) is 17.6 Å². The van der Waals surface area contributed by atoms with Crippen molar-refractivity contribution in [3.63, 3.8) is 0 Å². The zero-order valence-corrected chi connectivity index (χ0v) is 11.2. The topological polar surface area (TPSA) is 61.4 Å². The standard InChI is InChI=1S/C13H23N3O2/c1-9-5-10(7-14-6-9)13(18)15-11-3-4-12(17)16(2)8-11/h9-11,14H,3-8H2,1-2H3,(H,15,18). The van der Waals surface area contributed by atoms with Crippen molar-refractivity contribution in [2.75, 3.05) is 26.7 Å². The fraction of sp³-hybridized carbons (Fsp3) is 0.846. The first kappa shape index (κ1) is 13.3. The first-order valence-corrected chi connectivity index (χ1v) is 6.81. The van der Waals surface area contributed by atoms with Gasteiger partial charge in [-0.3, -0.25) is 9.59 Å². The van der Waals surface area contributed by atoms with Crippen molar-refractivity contribution in [1.29, 1.82) is 0 Å². The molecular weight excluding hydrogens is 230 g/mol. The molecule has 0 aromatic rings. The summed E-state index contributed by atoms with van der Waals surface area (Å²) in [6.07, 6.45) is 2.27. The lowest BCUT2D eigenvalue weighted by molar-refractivity contribution is -0.134. The van der Waals surface area contributed by atoms with Crippen LogP contribution in [0.2, 0.25) is 0 Å². The van der Waals surface area contributed by atoms with Crippen molar-refractivity contribution in [3.05, 3.63) is 0 Å². The van der Waals surface area contributed by atoms with Crippen molar-refractivity contribution in [1.82, 2.24) is 15.5 Å². The minimum atomic E-state index is 0.0803. The molecule has 0 aliphatic carbocycles. The highest BCUT2D eigenvalue weighted by molar-refractivity contribution is 5.80.